The lowest BCUT2D eigenvalue weighted by Crippen LogP contribution is -2.25. The molecule has 0 radical (unpaired) electrons. The highest BCUT2D eigenvalue weighted by atomic mass is 79.9. The van der Waals surface area contributed by atoms with Gasteiger partial charge < -0.3 is 5.32 Å². The molecule has 3 nitrogen and oxygen atoms in total. The van der Waals surface area contributed by atoms with E-state index in [2.05, 4.69) is 62.2 Å². The highest BCUT2D eigenvalue weighted by Crippen LogP contribution is 2.32. The van der Waals surface area contributed by atoms with Crippen LogP contribution in [0.15, 0.2) is 33.3 Å². The first kappa shape index (κ1) is 16.0. The Labute approximate surface area is 141 Å². The molecule has 20 heavy (non-hydrogen) atoms. The zero-order valence-corrected chi connectivity index (χ0v) is 15.3. The molecule has 1 N–H and O–H groups in total. The van der Waals surface area contributed by atoms with Gasteiger partial charge in [0.25, 0.3) is 0 Å². The molecule has 2 rings (SSSR count). The lowest BCUT2D eigenvalue weighted by Gasteiger charge is -2.21. The molecule has 0 saturated heterocycles. The van der Waals surface area contributed by atoms with Crippen LogP contribution in [0.4, 0.5) is 0 Å². The first-order chi connectivity index (χ1) is 9.58. The van der Waals surface area contributed by atoms with Gasteiger partial charge >= 0.3 is 0 Å². The summed E-state index contributed by atoms with van der Waals surface area (Å²) in [6, 6.07) is 6.09. The number of rotatable bonds is 5. The van der Waals surface area contributed by atoms with Crippen LogP contribution in [-0.2, 0) is 6.54 Å². The van der Waals surface area contributed by atoms with Crippen molar-refractivity contribution in [1.29, 1.82) is 0 Å². The van der Waals surface area contributed by atoms with Gasteiger partial charge in [0.1, 0.15) is 0 Å². The molecule has 0 aliphatic rings. The fraction of sp³-hybridized carbons (Fsp3) is 0.357. The van der Waals surface area contributed by atoms with Crippen LogP contribution < -0.4 is 5.32 Å². The molecule has 0 saturated carbocycles. The van der Waals surface area contributed by atoms with Crippen molar-refractivity contribution in [3.8, 4) is 0 Å². The van der Waals surface area contributed by atoms with Gasteiger partial charge in [-0.25, -0.2) is 0 Å². The number of nitrogens with one attached hydrogen (secondary N) is 1. The third-order valence-electron chi connectivity index (χ3n) is 3.09. The normalized spacial score (nSPS) is 12.7. The van der Waals surface area contributed by atoms with Gasteiger partial charge in [0.15, 0.2) is 0 Å². The molecule has 6 heteroatoms. The summed E-state index contributed by atoms with van der Waals surface area (Å²) in [6.45, 7) is 5.86. The predicted molar refractivity (Wildman–Crippen MR) is 90.3 cm³/mol. The molecule has 0 aliphatic carbocycles. The topological polar surface area (TPSA) is 29.9 Å². The SMILES string of the molecule is CCNC(c1ccc(Br)c(Cl)c1)c1c(Br)cnn1CC. The van der Waals surface area contributed by atoms with Crippen molar-refractivity contribution in [1.82, 2.24) is 15.1 Å². The van der Waals surface area contributed by atoms with E-state index in [4.69, 9.17) is 11.6 Å². The van der Waals surface area contributed by atoms with Gasteiger partial charge in [0.05, 0.1) is 27.4 Å². The Morgan fingerprint density at radius 1 is 1.30 bits per heavy atom. The van der Waals surface area contributed by atoms with Crippen molar-refractivity contribution < 1.29 is 0 Å². The second-order valence-corrected chi connectivity index (χ2v) is 6.47. The summed E-state index contributed by atoms with van der Waals surface area (Å²) < 4.78 is 3.90. The molecule has 108 valence electrons. The first-order valence-corrected chi connectivity index (χ1v) is 8.44. The van der Waals surface area contributed by atoms with Crippen molar-refractivity contribution in [3.63, 3.8) is 0 Å². The van der Waals surface area contributed by atoms with Crippen molar-refractivity contribution in [2.75, 3.05) is 6.54 Å². The lowest BCUT2D eigenvalue weighted by molar-refractivity contribution is 0.541. The molecule has 1 aromatic carbocycles. The van der Waals surface area contributed by atoms with Crippen LogP contribution in [0.2, 0.25) is 5.02 Å². The zero-order valence-electron chi connectivity index (χ0n) is 11.3. The van der Waals surface area contributed by atoms with E-state index in [1.807, 2.05) is 23.0 Å². The maximum atomic E-state index is 6.22. The quantitative estimate of drug-likeness (QED) is 0.753. The molecule has 0 fully saturated rings. The minimum atomic E-state index is 0.0578. The summed E-state index contributed by atoms with van der Waals surface area (Å²) in [5.41, 5.74) is 2.24. The van der Waals surface area contributed by atoms with Gasteiger partial charge in [-0.15, -0.1) is 0 Å². The van der Waals surface area contributed by atoms with Gasteiger partial charge in [0.2, 0.25) is 0 Å². The summed E-state index contributed by atoms with van der Waals surface area (Å²) >= 11 is 13.2. The van der Waals surface area contributed by atoms with E-state index in [0.717, 1.165) is 33.3 Å². The molecule has 2 aromatic rings. The monoisotopic (exact) mass is 419 g/mol. The highest BCUT2D eigenvalue weighted by molar-refractivity contribution is 9.10. The summed E-state index contributed by atoms with van der Waals surface area (Å²) in [4.78, 5) is 0. The molecule has 1 atom stereocenters. The third kappa shape index (κ3) is 3.27. The van der Waals surface area contributed by atoms with E-state index >= 15 is 0 Å². The van der Waals surface area contributed by atoms with Gasteiger partial charge in [-0.1, -0.05) is 24.6 Å². The van der Waals surface area contributed by atoms with Crippen molar-refractivity contribution >= 4 is 43.5 Å². The number of hydrogen-bond donors (Lipinski definition) is 1. The minimum Gasteiger partial charge on any atom is -0.305 e. The molecule has 1 unspecified atom stereocenters. The molecule has 0 spiro atoms. The van der Waals surface area contributed by atoms with Crippen molar-refractivity contribution in [3.05, 3.63) is 49.6 Å². The molecule has 0 aliphatic heterocycles. The van der Waals surface area contributed by atoms with E-state index in [9.17, 15) is 0 Å². The Kier molecular flexibility index (Phi) is 5.66. The number of nitrogens with zero attached hydrogens (tertiary/aromatic N) is 2. The number of halogens is 3. The van der Waals surface area contributed by atoms with Crippen LogP contribution in [0.25, 0.3) is 0 Å². The molecular weight excluding hydrogens is 405 g/mol. The Morgan fingerprint density at radius 3 is 2.65 bits per heavy atom. The lowest BCUT2D eigenvalue weighted by atomic mass is 10.0. The Morgan fingerprint density at radius 2 is 2.05 bits per heavy atom. The summed E-state index contributed by atoms with van der Waals surface area (Å²) in [7, 11) is 0. The van der Waals surface area contributed by atoms with Crippen LogP contribution in [0, 0.1) is 0 Å². The highest BCUT2D eigenvalue weighted by Gasteiger charge is 2.21. The molecule has 1 aromatic heterocycles. The number of hydrogen-bond acceptors (Lipinski definition) is 2. The largest absolute Gasteiger partial charge is 0.305 e. The number of benzene rings is 1. The average Bonchev–Trinajstić information content (AvgIpc) is 2.80. The summed E-state index contributed by atoms with van der Waals surface area (Å²) in [5.74, 6) is 0. The number of aromatic nitrogens is 2. The van der Waals surface area contributed by atoms with E-state index in [1.54, 1.807) is 0 Å². The van der Waals surface area contributed by atoms with Crippen LogP contribution in [0.3, 0.4) is 0 Å². The van der Waals surface area contributed by atoms with Crippen LogP contribution in [0.1, 0.15) is 31.1 Å². The van der Waals surface area contributed by atoms with Crippen LogP contribution in [0.5, 0.6) is 0 Å². The second-order valence-electron chi connectivity index (χ2n) is 4.36. The van der Waals surface area contributed by atoms with E-state index in [-0.39, 0.29) is 6.04 Å². The maximum Gasteiger partial charge on any atom is 0.0760 e. The van der Waals surface area contributed by atoms with E-state index in [1.165, 1.54) is 0 Å². The van der Waals surface area contributed by atoms with E-state index in [0.29, 0.717) is 5.02 Å². The summed E-state index contributed by atoms with van der Waals surface area (Å²) in [5, 5.41) is 8.60. The smallest absolute Gasteiger partial charge is 0.0760 e. The third-order valence-corrected chi connectivity index (χ3v) is 4.93. The second kappa shape index (κ2) is 7.07. The van der Waals surface area contributed by atoms with E-state index < -0.39 is 0 Å². The minimum absolute atomic E-state index is 0.0578. The Hall–Kier alpha value is -0.360. The first-order valence-electron chi connectivity index (χ1n) is 6.48. The predicted octanol–water partition coefficient (Wildman–Crippen LogP) is 4.78. The van der Waals surface area contributed by atoms with Crippen LogP contribution >= 0.6 is 43.5 Å². The standard InChI is InChI=1S/C14H16Br2ClN3/c1-3-18-13(9-5-6-10(15)12(17)7-9)14-11(16)8-19-20(14)4-2/h5-8,13,18H,3-4H2,1-2H3. The van der Waals surface area contributed by atoms with Gasteiger partial charge in [0, 0.05) is 11.0 Å². The van der Waals surface area contributed by atoms with Gasteiger partial charge in [-0.3, -0.25) is 4.68 Å². The fourth-order valence-electron chi connectivity index (χ4n) is 2.18. The van der Waals surface area contributed by atoms with Crippen molar-refractivity contribution in [2.45, 2.75) is 26.4 Å². The molecule has 0 bridgehead atoms. The van der Waals surface area contributed by atoms with Gasteiger partial charge in [-0.2, -0.15) is 5.10 Å². The zero-order chi connectivity index (χ0) is 14.7. The maximum absolute atomic E-state index is 6.22. The van der Waals surface area contributed by atoms with Crippen molar-refractivity contribution in [2.24, 2.45) is 0 Å². The molecular formula is C14H16Br2ClN3. The van der Waals surface area contributed by atoms with Crippen LogP contribution in [-0.4, -0.2) is 16.3 Å². The fourth-order valence-corrected chi connectivity index (χ4v) is 3.14. The molecule has 0 amide bonds. The van der Waals surface area contributed by atoms with Gasteiger partial charge in [-0.05, 0) is 63.0 Å². The molecule has 1 heterocycles. The average molecular weight is 422 g/mol. The Balaban J connectivity index is 2.49. The Bertz CT molecular complexity index is 598. The number of aryl methyl sites for hydroxylation is 1. The summed E-state index contributed by atoms with van der Waals surface area (Å²) in [6.07, 6.45) is 1.84.